The van der Waals surface area contributed by atoms with Crippen molar-refractivity contribution in [2.75, 3.05) is 0 Å². The first kappa shape index (κ1) is 12.3. The van der Waals surface area contributed by atoms with E-state index in [0.29, 0.717) is 12.1 Å². The quantitative estimate of drug-likeness (QED) is 0.787. The number of carbonyl (C=O) groups is 1. The minimum Gasteiger partial charge on any atom is -0.478 e. The van der Waals surface area contributed by atoms with E-state index in [1.165, 1.54) is 11.6 Å². The zero-order valence-corrected chi connectivity index (χ0v) is 10.7. The van der Waals surface area contributed by atoms with E-state index in [4.69, 9.17) is 5.11 Å². The Hall–Kier alpha value is -2.69. The molecule has 2 heterocycles. The van der Waals surface area contributed by atoms with Gasteiger partial charge in [-0.2, -0.15) is 0 Å². The van der Waals surface area contributed by atoms with E-state index in [2.05, 4.69) is 22.3 Å². The predicted octanol–water partition coefficient (Wildman–Crippen LogP) is 2.21. The summed E-state index contributed by atoms with van der Waals surface area (Å²) < 4.78 is 1.74. The number of aromatic nitrogens is 3. The van der Waals surface area contributed by atoms with Crippen LogP contribution in [0.25, 0.3) is 5.65 Å². The van der Waals surface area contributed by atoms with Crippen LogP contribution in [0.15, 0.2) is 48.7 Å². The fraction of sp³-hybridized carbons (Fsp3) is 0.133. The van der Waals surface area contributed by atoms with Crippen LogP contribution in [0.2, 0.25) is 0 Å². The molecule has 1 N–H and O–H groups in total. The fourth-order valence-electron chi connectivity index (χ4n) is 2.14. The molecule has 20 heavy (non-hydrogen) atoms. The first-order valence-corrected chi connectivity index (χ1v) is 6.35. The van der Waals surface area contributed by atoms with Crippen molar-refractivity contribution in [3.63, 3.8) is 0 Å². The molecule has 3 rings (SSSR count). The Morgan fingerprint density at radius 3 is 2.60 bits per heavy atom. The summed E-state index contributed by atoms with van der Waals surface area (Å²) in [5.41, 5.74) is 2.12. The van der Waals surface area contributed by atoms with Crippen LogP contribution in [0.1, 0.15) is 21.7 Å². The Morgan fingerprint density at radius 1 is 1.05 bits per heavy atom. The van der Waals surface area contributed by atoms with Crippen LogP contribution in [0.3, 0.4) is 0 Å². The second-order valence-electron chi connectivity index (χ2n) is 4.55. The molecule has 0 amide bonds. The summed E-state index contributed by atoms with van der Waals surface area (Å²) in [6.07, 6.45) is 3.13. The molecule has 0 aliphatic heterocycles. The van der Waals surface area contributed by atoms with Crippen molar-refractivity contribution in [1.82, 2.24) is 14.6 Å². The molecule has 5 heteroatoms. The summed E-state index contributed by atoms with van der Waals surface area (Å²) in [4.78, 5) is 11.0. The van der Waals surface area contributed by atoms with E-state index >= 15 is 0 Å². The van der Waals surface area contributed by atoms with Crippen LogP contribution in [-0.2, 0) is 12.8 Å². The van der Waals surface area contributed by atoms with Crippen molar-refractivity contribution in [2.45, 2.75) is 12.8 Å². The van der Waals surface area contributed by atoms with E-state index in [1.54, 1.807) is 16.7 Å². The standard InChI is InChI=1S/C15H13N3O2/c19-15(20)12-7-9-14-17-16-13(18(14)10-12)8-6-11-4-2-1-3-5-11/h1-5,7,9-10H,6,8H2,(H,19,20). The highest BCUT2D eigenvalue weighted by molar-refractivity contribution is 5.87. The van der Waals surface area contributed by atoms with Gasteiger partial charge in [-0.15, -0.1) is 10.2 Å². The lowest BCUT2D eigenvalue weighted by atomic mass is 10.1. The number of fused-ring (bicyclic) bond motifs is 1. The van der Waals surface area contributed by atoms with Gasteiger partial charge in [0, 0.05) is 12.6 Å². The third-order valence-electron chi connectivity index (χ3n) is 3.20. The largest absolute Gasteiger partial charge is 0.478 e. The van der Waals surface area contributed by atoms with Crippen molar-refractivity contribution in [2.24, 2.45) is 0 Å². The Labute approximate surface area is 115 Å². The Balaban J connectivity index is 1.88. The molecule has 100 valence electrons. The molecule has 0 saturated heterocycles. The van der Waals surface area contributed by atoms with Gasteiger partial charge in [0.15, 0.2) is 5.65 Å². The minimum atomic E-state index is -0.949. The van der Waals surface area contributed by atoms with Gasteiger partial charge in [-0.25, -0.2) is 4.79 Å². The summed E-state index contributed by atoms with van der Waals surface area (Å²) in [5, 5.41) is 17.2. The second-order valence-corrected chi connectivity index (χ2v) is 4.55. The number of pyridine rings is 1. The monoisotopic (exact) mass is 267 g/mol. The first-order chi connectivity index (χ1) is 9.74. The first-order valence-electron chi connectivity index (χ1n) is 6.35. The molecule has 5 nitrogen and oxygen atoms in total. The van der Waals surface area contributed by atoms with Crippen molar-refractivity contribution in [3.8, 4) is 0 Å². The van der Waals surface area contributed by atoms with E-state index in [9.17, 15) is 4.79 Å². The molecule has 3 aromatic rings. The van der Waals surface area contributed by atoms with Gasteiger partial charge >= 0.3 is 5.97 Å². The summed E-state index contributed by atoms with van der Waals surface area (Å²) in [6, 6.07) is 13.3. The number of hydrogen-bond donors (Lipinski definition) is 1. The molecule has 0 fully saturated rings. The van der Waals surface area contributed by atoms with Crippen LogP contribution in [0.4, 0.5) is 0 Å². The van der Waals surface area contributed by atoms with Crippen LogP contribution in [0, 0.1) is 0 Å². The normalized spacial score (nSPS) is 10.8. The summed E-state index contributed by atoms with van der Waals surface area (Å²) in [6.45, 7) is 0. The molecule has 0 aliphatic rings. The molecule has 0 radical (unpaired) electrons. The molecule has 0 saturated carbocycles. The number of carboxylic acid groups (broad SMARTS) is 1. The smallest absolute Gasteiger partial charge is 0.337 e. The molecule has 0 atom stereocenters. The SMILES string of the molecule is O=C(O)c1ccc2nnc(CCc3ccccc3)n2c1. The minimum absolute atomic E-state index is 0.235. The molecular formula is C15H13N3O2. The lowest BCUT2D eigenvalue weighted by Crippen LogP contribution is -2.02. The van der Waals surface area contributed by atoms with Gasteiger partial charge in [-0.3, -0.25) is 4.40 Å². The number of hydrogen-bond acceptors (Lipinski definition) is 3. The molecule has 0 bridgehead atoms. The highest BCUT2D eigenvalue weighted by Gasteiger charge is 2.09. The Kier molecular flexibility index (Phi) is 3.16. The van der Waals surface area contributed by atoms with Gasteiger partial charge in [-0.05, 0) is 24.1 Å². The number of nitrogens with zero attached hydrogens (tertiary/aromatic N) is 3. The lowest BCUT2D eigenvalue weighted by Gasteiger charge is -2.02. The number of rotatable bonds is 4. The van der Waals surface area contributed by atoms with Crippen LogP contribution < -0.4 is 0 Å². The van der Waals surface area contributed by atoms with Crippen LogP contribution in [0.5, 0.6) is 0 Å². The van der Waals surface area contributed by atoms with Gasteiger partial charge in [0.25, 0.3) is 0 Å². The van der Waals surface area contributed by atoms with Crippen molar-refractivity contribution in [1.29, 1.82) is 0 Å². The van der Waals surface area contributed by atoms with Crippen LogP contribution >= 0.6 is 0 Å². The topological polar surface area (TPSA) is 67.5 Å². The maximum atomic E-state index is 11.0. The fourth-order valence-corrected chi connectivity index (χ4v) is 2.14. The van der Waals surface area contributed by atoms with Crippen molar-refractivity contribution >= 4 is 11.6 Å². The molecule has 2 aromatic heterocycles. The van der Waals surface area contributed by atoms with Gasteiger partial charge < -0.3 is 5.11 Å². The number of aromatic carboxylic acids is 1. The Morgan fingerprint density at radius 2 is 1.85 bits per heavy atom. The van der Waals surface area contributed by atoms with Gasteiger partial charge in [0.05, 0.1) is 5.56 Å². The highest BCUT2D eigenvalue weighted by atomic mass is 16.4. The third-order valence-corrected chi connectivity index (χ3v) is 3.20. The molecular weight excluding hydrogens is 254 g/mol. The third kappa shape index (κ3) is 2.38. The lowest BCUT2D eigenvalue weighted by molar-refractivity contribution is 0.0696. The summed E-state index contributed by atoms with van der Waals surface area (Å²) >= 11 is 0. The molecule has 0 spiro atoms. The van der Waals surface area contributed by atoms with Gasteiger partial charge in [-0.1, -0.05) is 30.3 Å². The number of carboxylic acids is 1. The highest BCUT2D eigenvalue weighted by Crippen LogP contribution is 2.10. The molecule has 0 aliphatic carbocycles. The van der Waals surface area contributed by atoms with E-state index < -0.39 is 5.97 Å². The maximum Gasteiger partial charge on any atom is 0.337 e. The zero-order chi connectivity index (χ0) is 13.9. The summed E-state index contributed by atoms with van der Waals surface area (Å²) in [7, 11) is 0. The van der Waals surface area contributed by atoms with Crippen molar-refractivity contribution < 1.29 is 9.90 Å². The Bertz CT molecular complexity index is 750. The zero-order valence-electron chi connectivity index (χ0n) is 10.7. The summed E-state index contributed by atoms with van der Waals surface area (Å²) in [5.74, 6) is -0.179. The predicted molar refractivity (Wildman–Crippen MR) is 73.8 cm³/mol. The van der Waals surface area contributed by atoms with Gasteiger partial charge in [0.2, 0.25) is 0 Å². The number of aryl methyl sites for hydroxylation is 2. The van der Waals surface area contributed by atoms with E-state index in [1.807, 2.05) is 18.2 Å². The van der Waals surface area contributed by atoms with Gasteiger partial charge in [0.1, 0.15) is 5.82 Å². The molecule has 0 unspecified atom stereocenters. The van der Waals surface area contributed by atoms with Crippen LogP contribution in [-0.4, -0.2) is 25.7 Å². The maximum absolute atomic E-state index is 11.0. The van der Waals surface area contributed by atoms with E-state index in [-0.39, 0.29) is 5.56 Å². The van der Waals surface area contributed by atoms with Crippen molar-refractivity contribution in [3.05, 3.63) is 65.6 Å². The molecule has 1 aromatic carbocycles. The average Bonchev–Trinajstić information content (AvgIpc) is 2.88. The average molecular weight is 267 g/mol. The number of benzene rings is 1. The second kappa shape index (κ2) is 5.13. The van der Waals surface area contributed by atoms with E-state index in [0.717, 1.165) is 12.2 Å².